The first-order valence-electron chi connectivity index (χ1n) is 6.89. The molecule has 0 bridgehead atoms. The Kier molecular flexibility index (Phi) is 5.95. The van der Waals surface area contributed by atoms with Crippen LogP contribution in [0.4, 0.5) is 13.2 Å². The smallest absolute Gasteiger partial charge is 0.164 e. The highest BCUT2D eigenvalue weighted by Gasteiger charge is 2.22. The number of Topliss-reactive ketones (excluding diaryl/α,β-unsaturated/α-hetero) is 1. The minimum absolute atomic E-state index is 0.0760. The summed E-state index contributed by atoms with van der Waals surface area (Å²) in [5.41, 5.74) is -0.273. The van der Waals surface area contributed by atoms with Crippen molar-refractivity contribution in [3.8, 4) is 6.07 Å². The van der Waals surface area contributed by atoms with Gasteiger partial charge < -0.3 is 0 Å². The van der Waals surface area contributed by atoms with Gasteiger partial charge in [0.2, 0.25) is 0 Å². The molecule has 0 aliphatic carbocycles. The highest BCUT2D eigenvalue weighted by molar-refractivity contribution is 5.82. The standard InChI is InChI=1S/C16H18F3NO/c1-4-14(21)11(8-20)6-5-9(2)12-7-13(17)16(19)10(3)15(12)18/h7,9,11H,4-6H2,1-3H3. The number of nitriles is 1. The highest BCUT2D eigenvalue weighted by Crippen LogP contribution is 2.29. The first-order chi connectivity index (χ1) is 9.83. The van der Waals surface area contributed by atoms with Crippen molar-refractivity contribution in [2.45, 2.75) is 46.0 Å². The molecule has 0 saturated heterocycles. The van der Waals surface area contributed by atoms with Crippen LogP contribution in [-0.2, 0) is 4.79 Å². The van der Waals surface area contributed by atoms with Gasteiger partial charge in [-0.05, 0) is 37.3 Å². The number of ketones is 1. The van der Waals surface area contributed by atoms with E-state index >= 15 is 0 Å². The van der Waals surface area contributed by atoms with E-state index in [4.69, 9.17) is 5.26 Å². The fraction of sp³-hybridized carbons (Fsp3) is 0.500. The Morgan fingerprint density at radius 1 is 1.29 bits per heavy atom. The molecule has 0 N–H and O–H groups in total. The zero-order valence-electron chi connectivity index (χ0n) is 12.3. The largest absolute Gasteiger partial charge is 0.298 e. The lowest BCUT2D eigenvalue weighted by molar-refractivity contribution is -0.121. The Morgan fingerprint density at radius 3 is 2.43 bits per heavy atom. The number of hydrogen-bond acceptors (Lipinski definition) is 2. The van der Waals surface area contributed by atoms with E-state index in [2.05, 4.69) is 0 Å². The molecule has 0 spiro atoms. The van der Waals surface area contributed by atoms with E-state index in [-0.39, 0.29) is 29.8 Å². The molecule has 2 nitrogen and oxygen atoms in total. The number of nitrogens with zero attached hydrogens (tertiary/aromatic N) is 1. The molecule has 0 aromatic heterocycles. The van der Waals surface area contributed by atoms with Gasteiger partial charge in [-0.2, -0.15) is 5.26 Å². The Balaban J connectivity index is 2.89. The van der Waals surface area contributed by atoms with E-state index < -0.39 is 29.3 Å². The first-order valence-corrected chi connectivity index (χ1v) is 6.89. The number of halogens is 3. The molecule has 5 heteroatoms. The summed E-state index contributed by atoms with van der Waals surface area (Å²) < 4.78 is 40.6. The number of benzene rings is 1. The third kappa shape index (κ3) is 3.84. The summed E-state index contributed by atoms with van der Waals surface area (Å²) in [6.45, 7) is 4.52. The normalized spacial score (nSPS) is 13.6. The monoisotopic (exact) mass is 297 g/mol. The molecule has 1 rings (SSSR count). The molecule has 0 fully saturated rings. The van der Waals surface area contributed by atoms with Gasteiger partial charge in [0.25, 0.3) is 0 Å². The SMILES string of the molecule is CCC(=O)C(C#N)CCC(C)c1cc(F)c(F)c(C)c1F. The summed E-state index contributed by atoms with van der Waals surface area (Å²) in [6.07, 6.45) is 0.901. The molecular weight excluding hydrogens is 279 g/mol. The lowest BCUT2D eigenvalue weighted by Gasteiger charge is -2.16. The van der Waals surface area contributed by atoms with E-state index in [1.807, 2.05) is 6.07 Å². The summed E-state index contributed by atoms with van der Waals surface area (Å²) in [5, 5.41) is 8.94. The van der Waals surface area contributed by atoms with Crippen molar-refractivity contribution in [1.82, 2.24) is 0 Å². The molecule has 0 aliphatic rings. The lowest BCUT2D eigenvalue weighted by Crippen LogP contribution is -2.13. The molecule has 0 amide bonds. The third-order valence-electron chi connectivity index (χ3n) is 3.72. The van der Waals surface area contributed by atoms with Gasteiger partial charge in [0.15, 0.2) is 11.6 Å². The fourth-order valence-electron chi connectivity index (χ4n) is 2.23. The predicted molar refractivity (Wildman–Crippen MR) is 73.1 cm³/mol. The van der Waals surface area contributed by atoms with Gasteiger partial charge in [-0.3, -0.25) is 4.79 Å². The van der Waals surface area contributed by atoms with Crippen molar-refractivity contribution in [2.24, 2.45) is 5.92 Å². The predicted octanol–water partition coefficient (Wildman–Crippen LogP) is 4.41. The molecule has 0 heterocycles. The van der Waals surface area contributed by atoms with Gasteiger partial charge >= 0.3 is 0 Å². The number of hydrogen-bond donors (Lipinski definition) is 0. The van der Waals surface area contributed by atoms with Gasteiger partial charge in [0, 0.05) is 12.0 Å². The van der Waals surface area contributed by atoms with E-state index in [1.165, 1.54) is 6.92 Å². The topological polar surface area (TPSA) is 40.9 Å². The number of rotatable bonds is 6. The maximum Gasteiger partial charge on any atom is 0.164 e. The quantitative estimate of drug-likeness (QED) is 0.729. The van der Waals surface area contributed by atoms with Gasteiger partial charge in [0.05, 0.1) is 6.07 Å². The van der Waals surface area contributed by atoms with Gasteiger partial charge in [-0.1, -0.05) is 13.8 Å². The van der Waals surface area contributed by atoms with Crippen LogP contribution in [0, 0.1) is 41.6 Å². The zero-order chi connectivity index (χ0) is 16.2. The number of carbonyl (C=O) groups is 1. The van der Waals surface area contributed by atoms with Crippen LogP contribution in [0.25, 0.3) is 0 Å². The van der Waals surface area contributed by atoms with Crippen LogP contribution < -0.4 is 0 Å². The summed E-state index contributed by atoms with van der Waals surface area (Å²) in [5.74, 6) is -4.33. The van der Waals surface area contributed by atoms with Crippen molar-refractivity contribution < 1.29 is 18.0 Å². The Hall–Kier alpha value is -1.83. The van der Waals surface area contributed by atoms with Crippen LogP contribution in [0.2, 0.25) is 0 Å². The maximum absolute atomic E-state index is 14.0. The average Bonchev–Trinajstić information content (AvgIpc) is 2.48. The van der Waals surface area contributed by atoms with Crippen molar-refractivity contribution in [3.63, 3.8) is 0 Å². The molecule has 0 saturated carbocycles. The van der Waals surface area contributed by atoms with Crippen LogP contribution in [0.3, 0.4) is 0 Å². The van der Waals surface area contributed by atoms with Crippen LogP contribution >= 0.6 is 0 Å². The molecule has 21 heavy (non-hydrogen) atoms. The Morgan fingerprint density at radius 2 is 1.90 bits per heavy atom. The molecule has 2 atom stereocenters. The van der Waals surface area contributed by atoms with Crippen molar-refractivity contribution >= 4 is 5.78 Å². The Bertz CT molecular complexity index is 578. The van der Waals surface area contributed by atoms with Crippen LogP contribution in [0.1, 0.15) is 50.2 Å². The van der Waals surface area contributed by atoms with E-state index in [9.17, 15) is 18.0 Å². The van der Waals surface area contributed by atoms with Gasteiger partial charge in [-0.25, -0.2) is 13.2 Å². The maximum atomic E-state index is 14.0. The highest BCUT2D eigenvalue weighted by atomic mass is 19.2. The molecule has 1 aromatic rings. The summed E-state index contributed by atoms with van der Waals surface area (Å²) in [4.78, 5) is 11.5. The van der Waals surface area contributed by atoms with Crippen LogP contribution in [-0.4, -0.2) is 5.78 Å². The van der Waals surface area contributed by atoms with Crippen molar-refractivity contribution in [3.05, 3.63) is 34.6 Å². The van der Waals surface area contributed by atoms with Crippen molar-refractivity contribution in [1.29, 1.82) is 5.26 Å². The zero-order valence-corrected chi connectivity index (χ0v) is 12.3. The lowest BCUT2D eigenvalue weighted by atomic mass is 9.89. The van der Waals surface area contributed by atoms with E-state index in [0.29, 0.717) is 6.42 Å². The van der Waals surface area contributed by atoms with Gasteiger partial charge in [-0.15, -0.1) is 0 Å². The average molecular weight is 297 g/mol. The van der Waals surface area contributed by atoms with Crippen molar-refractivity contribution in [2.75, 3.05) is 0 Å². The van der Waals surface area contributed by atoms with Crippen LogP contribution in [0.15, 0.2) is 6.07 Å². The second kappa shape index (κ2) is 7.26. The van der Waals surface area contributed by atoms with Crippen LogP contribution in [0.5, 0.6) is 0 Å². The summed E-state index contributed by atoms with van der Waals surface area (Å²) >= 11 is 0. The molecule has 0 radical (unpaired) electrons. The second-order valence-electron chi connectivity index (χ2n) is 5.18. The van der Waals surface area contributed by atoms with Gasteiger partial charge in [0.1, 0.15) is 17.5 Å². The molecule has 1 aromatic carbocycles. The minimum atomic E-state index is -1.18. The third-order valence-corrected chi connectivity index (χ3v) is 3.72. The molecular formula is C16H18F3NO. The second-order valence-corrected chi connectivity index (χ2v) is 5.18. The minimum Gasteiger partial charge on any atom is -0.298 e. The van der Waals surface area contributed by atoms with E-state index in [1.54, 1.807) is 13.8 Å². The molecule has 0 aliphatic heterocycles. The first kappa shape index (κ1) is 17.2. The fourth-order valence-corrected chi connectivity index (χ4v) is 2.23. The molecule has 2 unspecified atom stereocenters. The summed E-state index contributed by atoms with van der Waals surface area (Å²) in [6, 6.07) is 2.78. The van der Waals surface area contributed by atoms with E-state index in [0.717, 1.165) is 6.07 Å². The molecule has 114 valence electrons. The Labute approximate surface area is 122 Å². The summed E-state index contributed by atoms with van der Waals surface area (Å²) in [7, 11) is 0. The number of carbonyl (C=O) groups excluding carboxylic acids is 1.